The smallest absolute Gasteiger partial charge is 0.322 e. The summed E-state index contributed by atoms with van der Waals surface area (Å²) < 4.78 is 7.32. The molecule has 116 valence electrons. The van der Waals surface area contributed by atoms with E-state index in [0.717, 1.165) is 11.4 Å². The molecule has 0 saturated carbocycles. The van der Waals surface area contributed by atoms with E-state index in [1.807, 2.05) is 55.3 Å². The summed E-state index contributed by atoms with van der Waals surface area (Å²) in [6, 6.07) is 9.46. The molecular formula is C16H20N4O2. The number of amides is 2. The lowest BCUT2D eigenvalue weighted by Crippen LogP contribution is -2.52. The summed E-state index contributed by atoms with van der Waals surface area (Å²) >= 11 is 0. The molecule has 0 spiro atoms. The second kappa shape index (κ2) is 6.19. The normalized spacial score (nSPS) is 21.6. The van der Waals surface area contributed by atoms with E-state index >= 15 is 0 Å². The number of benzene rings is 1. The van der Waals surface area contributed by atoms with Crippen molar-refractivity contribution in [3.8, 4) is 5.69 Å². The number of morpholine rings is 1. The van der Waals surface area contributed by atoms with Crippen LogP contribution in [0.5, 0.6) is 0 Å². The van der Waals surface area contributed by atoms with E-state index in [-0.39, 0.29) is 18.2 Å². The van der Waals surface area contributed by atoms with Crippen LogP contribution < -0.4 is 5.32 Å². The van der Waals surface area contributed by atoms with E-state index in [0.29, 0.717) is 13.2 Å². The summed E-state index contributed by atoms with van der Waals surface area (Å²) in [7, 11) is 0. The summed E-state index contributed by atoms with van der Waals surface area (Å²) in [5.74, 6) is 0. The average molecular weight is 300 g/mol. The Bertz CT molecular complexity index is 624. The highest BCUT2D eigenvalue weighted by Crippen LogP contribution is 2.17. The minimum absolute atomic E-state index is 0.0571. The minimum atomic E-state index is -0.0884. The van der Waals surface area contributed by atoms with Gasteiger partial charge in [0.15, 0.2) is 0 Å². The lowest BCUT2D eigenvalue weighted by Gasteiger charge is -2.37. The zero-order chi connectivity index (χ0) is 15.5. The van der Waals surface area contributed by atoms with Crippen molar-refractivity contribution in [1.82, 2.24) is 14.7 Å². The van der Waals surface area contributed by atoms with Gasteiger partial charge in [0.2, 0.25) is 0 Å². The van der Waals surface area contributed by atoms with Gasteiger partial charge in [-0.1, -0.05) is 0 Å². The maximum Gasteiger partial charge on any atom is 0.322 e. The van der Waals surface area contributed by atoms with Crippen LogP contribution in [0.2, 0.25) is 0 Å². The summed E-state index contributed by atoms with van der Waals surface area (Å²) in [4.78, 5) is 14.2. The molecule has 6 nitrogen and oxygen atoms in total. The highest BCUT2D eigenvalue weighted by atomic mass is 16.5. The maximum absolute atomic E-state index is 12.4. The van der Waals surface area contributed by atoms with Crippen LogP contribution in [0.3, 0.4) is 0 Å². The van der Waals surface area contributed by atoms with Gasteiger partial charge in [-0.25, -0.2) is 9.48 Å². The number of carbonyl (C=O) groups is 1. The van der Waals surface area contributed by atoms with Crippen molar-refractivity contribution in [2.45, 2.75) is 26.0 Å². The maximum atomic E-state index is 12.4. The first-order chi connectivity index (χ1) is 10.6. The van der Waals surface area contributed by atoms with Gasteiger partial charge in [-0.3, -0.25) is 0 Å². The fourth-order valence-corrected chi connectivity index (χ4v) is 2.53. The molecule has 1 aromatic heterocycles. The van der Waals surface area contributed by atoms with Crippen molar-refractivity contribution < 1.29 is 9.53 Å². The fourth-order valence-electron chi connectivity index (χ4n) is 2.53. The Labute approximate surface area is 129 Å². The first kappa shape index (κ1) is 14.6. The standard InChI is InChI=1S/C16H20N4O2/c1-12-13(2)22-11-10-19(12)16(21)18-14-4-6-15(7-5-14)20-9-3-8-17-20/h3-9,12-13H,10-11H2,1-2H3,(H,18,21)/t12-,13+/m1/s1. The summed E-state index contributed by atoms with van der Waals surface area (Å²) in [6.45, 7) is 5.19. The molecule has 1 N–H and O–H groups in total. The molecule has 1 aliphatic rings. The van der Waals surface area contributed by atoms with E-state index in [9.17, 15) is 4.79 Å². The van der Waals surface area contributed by atoms with Gasteiger partial charge in [-0.2, -0.15) is 5.10 Å². The van der Waals surface area contributed by atoms with Gasteiger partial charge in [-0.05, 0) is 44.2 Å². The van der Waals surface area contributed by atoms with Crippen LogP contribution >= 0.6 is 0 Å². The molecule has 22 heavy (non-hydrogen) atoms. The first-order valence-corrected chi connectivity index (χ1v) is 7.44. The van der Waals surface area contributed by atoms with E-state index < -0.39 is 0 Å². The lowest BCUT2D eigenvalue weighted by atomic mass is 10.1. The highest BCUT2D eigenvalue weighted by molar-refractivity contribution is 5.89. The Morgan fingerprint density at radius 2 is 2.09 bits per heavy atom. The third-order valence-electron chi connectivity index (χ3n) is 4.03. The molecule has 2 aromatic rings. The zero-order valence-electron chi connectivity index (χ0n) is 12.8. The molecule has 0 bridgehead atoms. The minimum Gasteiger partial charge on any atom is -0.375 e. The van der Waals surface area contributed by atoms with Crippen LogP contribution in [-0.2, 0) is 4.74 Å². The molecule has 0 unspecified atom stereocenters. The first-order valence-electron chi connectivity index (χ1n) is 7.44. The fraction of sp³-hybridized carbons (Fsp3) is 0.375. The number of urea groups is 1. The van der Waals surface area contributed by atoms with Crippen molar-refractivity contribution in [3.05, 3.63) is 42.7 Å². The van der Waals surface area contributed by atoms with Gasteiger partial charge in [0, 0.05) is 24.6 Å². The Morgan fingerprint density at radius 3 is 2.77 bits per heavy atom. The number of nitrogens with one attached hydrogen (secondary N) is 1. The lowest BCUT2D eigenvalue weighted by molar-refractivity contribution is -0.0355. The van der Waals surface area contributed by atoms with E-state index in [1.165, 1.54) is 0 Å². The Hall–Kier alpha value is -2.34. The third kappa shape index (κ3) is 2.96. The van der Waals surface area contributed by atoms with Crippen LogP contribution in [0.15, 0.2) is 42.7 Å². The topological polar surface area (TPSA) is 59.4 Å². The van der Waals surface area contributed by atoms with Gasteiger partial charge in [-0.15, -0.1) is 0 Å². The number of carbonyl (C=O) groups excluding carboxylic acids is 1. The highest BCUT2D eigenvalue weighted by Gasteiger charge is 2.29. The number of hydrogen-bond donors (Lipinski definition) is 1. The van der Waals surface area contributed by atoms with Crippen molar-refractivity contribution in [2.24, 2.45) is 0 Å². The number of anilines is 1. The van der Waals surface area contributed by atoms with Gasteiger partial charge in [0.05, 0.1) is 24.4 Å². The number of ether oxygens (including phenoxy) is 1. The predicted octanol–water partition coefficient (Wildman–Crippen LogP) is 2.51. The van der Waals surface area contributed by atoms with Crippen LogP contribution in [0, 0.1) is 0 Å². The van der Waals surface area contributed by atoms with E-state index in [2.05, 4.69) is 10.4 Å². The van der Waals surface area contributed by atoms with Crippen LogP contribution in [-0.4, -0.2) is 46.0 Å². The Kier molecular flexibility index (Phi) is 4.11. The molecule has 3 rings (SSSR count). The zero-order valence-corrected chi connectivity index (χ0v) is 12.8. The third-order valence-corrected chi connectivity index (χ3v) is 4.03. The van der Waals surface area contributed by atoms with Gasteiger partial charge < -0.3 is 15.0 Å². The Morgan fingerprint density at radius 1 is 1.32 bits per heavy atom. The van der Waals surface area contributed by atoms with Gasteiger partial charge in [0.25, 0.3) is 0 Å². The molecule has 2 amide bonds. The summed E-state index contributed by atoms with van der Waals surface area (Å²) in [5, 5.41) is 7.11. The number of rotatable bonds is 2. The van der Waals surface area contributed by atoms with Crippen molar-refractivity contribution in [2.75, 3.05) is 18.5 Å². The Balaban J connectivity index is 1.66. The molecule has 1 aromatic carbocycles. The SMILES string of the molecule is C[C@@H]1OCCN(C(=O)Nc2ccc(-n3cccn3)cc2)[C@@H]1C. The monoisotopic (exact) mass is 300 g/mol. The van der Waals surface area contributed by atoms with Crippen molar-refractivity contribution >= 4 is 11.7 Å². The molecule has 6 heteroatoms. The largest absolute Gasteiger partial charge is 0.375 e. The number of nitrogens with zero attached hydrogens (tertiary/aromatic N) is 3. The van der Waals surface area contributed by atoms with Crippen LogP contribution in [0.4, 0.5) is 10.5 Å². The second-order valence-corrected chi connectivity index (χ2v) is 5.44. The van der Waals surface area contributed by atoms with Gasteiger partial charge in [0.1, 0.15) is 0 Å². The van der Waals surface area contributed by atoms with Gasteiger partial charge >= 0.3 is 6.03 Å². The van der Waals surface area contributed by atoms with E-state index in [1.54, 1.807) is 10.9 Å². The molecule has 1 saturated heterocycles. The second-order valence-electron chi connectivity index (χ2n) is 5.44. The summed E-state index contributed by atoms with van der Waals surface area (Å²) in [6.07, 6.45) is 3.67. The van der Waals surface area contributed by atoms with E-state index in [4.69, 9.17) is 4.74 Å². The van der Waals surface area contributed by atoms with Crippen LogP contribution in [0.25, 0.3) is 5.69 Å². The summed E-state index contributed by atoms with van der Waals surface area (Å²) in [5.41, 5.74) is 1.73. The van der Waals surface area contributed by atoms with Crippen molar-refractivity contribution in [1.29, 1.82) is 0 Å². The average Bonchev–Trinajstić information content (AvgIpc) is 3.05. The molecular weight excluding hydrogens is 280 g/mol. The molecule has 1 aliphatic heterocycles. The predicted molar refractivity (Wildman–Crippen MR) is 84.2 cm³/mol. The van der Waals surface area contributed by atoms with Crippen LogP contribution in [0.1, 0.15) is 13.8 Å². The quantitative estimate of drug-likeness (QED) is 0.927. The number of aromatic nitrogens is 2. The molecule has 0 aliphatic carbocycles. The van der Waals surface area contributed by atoms with Crippen molar-refractivity contribution in [3.63, 3.8) is 0 Å². The number of hydrogen-bond acceptors (Lipinski definition) is 3. The molecule has 2 heterocycles. The molecule has 0 radical (unpaired) electrons. The molecule has 2 atom stereocenters. The molecule has 1 fully saturated rings.